The third kappa shape index (κ3) is 4.96. The van der Waals surface area contributed by atoms with Crippen LogP contribution in [0.3, 0.4) is 0 Å². The van der Waals surface area contributed by atoms with Crippen molar-refractivity contribution in [1.29, 1.82) is 0 Å². The van der Waals surface area contributed by atoms with Crippen molar-refractivity contribution < 1.29 is 9.90 Å². The second-order valence-electron chi connectivity index (χ2n) is 8.32. The van der Waals surface area contributed by atoms with Crippen molar-refractivity contribution in [1.82, 2.24) is 9.99 Å². The summed E-state index contributed by atoms with van der Waals surface area (Å²) in [4.78, 5) is 19.2. The van der Waals surface area contributed by atoms with Gasteiger partial charge in [-0.25, -0.2) is 0 Å². The van der Waals surface area contributed by atoms with Gasteiger partial charge in [0.1, 0.15) is 18.4 Å². The number of benzene rings is 2. The number of amides is 1. The van der Waals surface area contributed by atoms with Gasteiger partial charge in [-0.15, -0.1) is 0 Å². The molecule has 2 aromatic carbocycles. The number of hydrazone groups is 1. The van der Waals surface area contributed by atoms with Crippen molar-refractivity contribution in [2.24, 2.45) is 5.10 Å². The maximum Gasteiger partial charge on any atom is 0.248 e. The topological polar surface area (TPSA) is 69.0 Å². The number of aliphatic hydroxyl groups is 1. The second-order valence-corrected chi connectivity index (χ2v) is 8.32. The van der Waals surface area contributed by atoms with Crippen LogP contribution in [-0.4, -0.2) is 39.8 Å². The van der Waals surface area contributed by atoms with Gasteiger partial charge in [0, 0.05) is 35.8 Å². The van der Waals surface area contributed by atoms with Crippen LogP contribution >= 0.6 is 0 Å². The fraction of sp³-hybridized carbons (Fsp3) is 0.296. The van der Waals surface area contributed by atoms with E-state index in [1.165, 1.54) is 5.56 Å². The minimum Gasteiger partial charge on any atom is -0.382 e. The number of carbonyl (C=O) groups excluding carboxylic acids is 1. The number of fused-ring (bicyclic) bond motifs is 1. The second kappa shape index (κ2) is 9.96. The molecule has 4 rings (SSSR count). The molecule has 2 heterocycles. The molecule has 6 heteroatoms. The average Bonchev–Trinajstić information content (AvgIpc) is 2.84. The molecule has 1 N–H and O–H groups in total. The number of pyridine rings is 1. The smallest absolute Gasteiger partial charge is 0.248 e. The fourth-order valence-electron chi connectivity index (χ4n) is 4.15. The molecule has 33 heavy (non-hydrogen) atoms. The SMILES string of the molecule is CCc1ccc(N(CC)C(=O)CN2Cc3ccc(C)cc3C(C(O)c3cccnc3)=N2)cc1. The Morgan fingerprint density at radius 3 is 2.61 bits per heavy atom. The van der Waals surface area contributed by atoms with E-state index in [4.69, 9.17) is 5.10 Å². The molecule has 6 nitrogen and oxygen atoms in total. The first-order chi connectivity index (χ1) is 16.0. The lowest BCUT2D eigenvalue weighted by Crippen LogP contribution is -2.40. The predicted molar refractivity (Wildman–Crippen MR) is 131 cm³/mol. The summed E-state index contributed by atoms with van der Waals surface area (Å²) in [6.45, 7) is 7.32. The van der Waals surface area contributed by atoms with Crippen LogP contribution in [0.25, 0.3) is 0 Å². The van der Waals surface area contributed by atoms with E-state index in [2.05, 4.69) is 24.0 Å². The summed E-state index contributed by atoms with van der Waals surface area (Å²) >= 11 is 0. The molecule has 0 aliphatic carbocycles. The number of anilines is 1. The molecule has 170 valence electrons. The van der Waals surface area contributed by atoms with Gasteiger partial charge >= 0.3 is 0 Å². The van der Waals surface area contributed by atoms with Crippen molar-refractivity contribution in [2.75, 3.05) is 18.0 Å². The highest BCUT2D eigenvalue weighted by molar-refractivity contribution is 6.06. The number of carbonyl (C=O) groups is 1. The standard InChI is InChI=1S/C27H30N4O2/c1-4-20-9-12-23(13-10-20)31(5-2)25(32)18-30-17-22-11-8-19(3)15-24(22)26(29-30)27(33)21-7-6-14-28-16-21/h6-16,27,33H,4-5,17-18H2,1-3H3. The van der Waals surface area contributed by atoms with Gasteiger partial charge in [-0.1, -0.05) is 42.8 Å². The summed E-state index contributed by atoms with van der Waals surface area (Å²) in [5.74, 6) is -0.0312. The Bertz CT molecular complexity index is 1140. The summed E-state index contributed by atoms with van der Waals surface area (Å²) in [6.07, 6.45) is 3.35. The highest BCUT2D eigenvalue weighted by Crippen LogP contribution is 2.28. The highest BCUT2D eigenvalue weighted by atomic mass is 16.3. The molecule has 0 saturated carbocycles. The lowest BCUT2D eigenvalue weighted by Gasteiger charge is -2.31. The first kappa shape index (κ1) is 22.7. The Morgan fingerprint density at radius 1 is 1.15 bits per heavy atom. The van der Waals surface area contributed by atoms with Gasteiger partial charge in [0.05, 0.1) is 6.54 Å². The minimum absolute atomic E-state index is 0.0312. The zero-order chi connectivity index (χ0) is 23.4. The monoisotopic (exact) mass is 442 g/mol. The van der Waals surface area contributed by atoms with E-state index in [0.717, 1.165) is 28.8 Å². The van der Waals surface area contributed by atoms with Gasteiger partial charge in [0.25, 0.3) is 0 Å². The molecule has 1 unspecified atom stereocenters. The minimum atomic E-state index is -0.930. The fourth-order valence-corrected chi connectivity index (χ4v) is 4.15. The first-order valence-electron chi connectivity index (χ1n) is 11.4. The number of rotatable bonds is 7. The highest BCUT2D eigenvalue weighted by Gasteiger charge is 2.27. The van der Waals surface area contributed by atoms with Crippen LogP contribution in [-0.2, 0) is 17.8 Å². The van der Waals surface area contributed by atoms with Crippen LogP contribution < -0.4 is 4.90 Å². The van der Waals surface area contributed by atoms with Crippen LogP contribution in [0.2, 0.25) is 0 Å². The predicted octanol–water partition coefficient (Wildman–Crippen LogP) is 4.26. The Morgan fingerprint density at radius 2 is 1.94 bits per heavy atom. The first-order valence-corrected chi connectivity index (χ1v) is 11.4. The van der Waals surface area contributed by atoms with E-state index in [1.807, 2.05) is 50.2 Å². The van der Waals surface area contributed by atoms with Crippen molar-refractivity contribution in [3.63, 3.8) is 0 Å². The molecule has 0 bridgehead atoms. The molecule has 1 aliphatic rings. The van der Waals surface area contributed by atoms with Crippen LogP contribution in [0.4, 0.5) is 5.69 Å². The number of nitrogens with zero attached hydrogens (tertiary/aromatic N) is 4. The number of hydrogen-bond acceptors (Lipinski definition) is 5. The molecule has 1 atom stereocenters. The lowest BCUT2D eigenvalue weighted by atomic mass is 9.93. The Hall–Kier alpha value is -3.51. The van der Waals surface area contributed by atoms with E-state index in [0.29, 0.717) is 24.4 Å². The van der Waals surface area contributed by atoms with E-state index in [9.17, 15) is 9.90 Å². The van der Waals surface area contributed by atoms with Crippen LogP contribution in [0.15, 0.2) is 72.1 Å². The zero-order valence-corrected chi connectivity index (χ0v) is 19.4. The molecular formula is C27H30N4O2. The number of aromatic nitrogens is 1. The summed E-state index contributed by atoms with van der Waals surface area (Å²) in [6, 6.07) is 17.9. The van der Waals surface area contributed by atoms with Crippen molar-refractivity contribution >= 4 is 17.3 Å². The molecule has 1 amide bonds. The molecule has 1 aromatic heterocycles. The van der Waals surface area contributed by atoms with Gasteiger partial charge in [0.15, 0.2) is 0 Å². The van der Waals surface area contributed by atoms with Crippen LogP contribution in [0, 0.1) is 6.92 Å². The van der Waals surface area contributed by atoms with E-state index in [1.54, 1.807) is 28.4 Å². The normalized spacial score (nSPS) is 13.8. The van der Waals surface area contributed by atoms with Crippen molar-refractivity contribution in [2.45, 2.75) is 39.8 Å². The van der Waals surface area contributed by atoms with Gasteiger partial charge in [0.2, 0.25) is 5.91 Å². The summed E-state index contributed by atoms with van der Waals surface area (Å²) in [7, 11) is 0. The molecule has 3 aromatic rings. The number of aryl methyl sites for hydroxylation is 2. The lowest BCUT2D eigenvalue weighted by molar-refractivity contribution is -0.119. The zero-order valence-electron chi connectivity index (χ0n) is 19.4. The molecule has 0 spiro atoms. The van der Waals surface area contributed by atoms with E-state index >= 15 is 0 Å². The molecule has 0 saturated heterocycles. The third-order valence-corrected chi connectivity index (χ3v) is 5.99. The molecule has 0 radical (unpaired) electrons. The van der Waals surface area contributed by atoms with Gasteiger partial charge in [-0.2, -0.15) is 5.10 Å². The molecule has 0 fully saturated rings. The Balaban J connectivity index is 1.61. The van der Waals surface area contributed by atoms with E-state index in [-0.39, 0.29) is 12.5 Å². The summed E-state index contributed by atoms with van der Waals surface area (Å²) in [5.41, 5.74) is 6.38. The van der Waals surface area contributed by atoms with Crippen molar-refractivity contribution in [3.8, 4) is 0 Å². The van der Waals surface area contributed by atoms with Gasteiger partial charge < -0.3 is 10.0 Å². The largest absolute Gasteiger partial charge is 0.382 e. The number of hydrogen-bond donors (Lipinski definition) is 1. The number of aliphatic hydroxyl groups excluding tert-OH is 1. The maximum absolute atomic E-state index is 13.3. The summed E-state index contributed by atoms with van der Waals surface area (Å²) < 4.78 is 0. The molecular weight excluding hydrogens is 412 g/mol. The number of likely N-dealkylation sites (N-methyl/N-ethyl adjacent to an activating group) is 1. The van der Waals surface area contributed by atoms with Crippen LogP contribution in [0.5, 0.6) is 0 Å². The Kier molecular flexibility index (Phi) is 6.84. The maximum atomic E-state index is 13.3. The van der Waals surface area contributed by atoms with E-state index < -0.39 is 6.10 Å². The average molecular weight is 443 g/mol. The third-order valence-electron chi connectivity index (χ3n) is 5.99. The quantitative estimate of drug-likeness (QED) is 0.594. The Labute approximate surface area is 195 Å². The molecule has 1 aliphatic heterocycles. The van der Waals surface area contributed by atoms with Crippen molar-refractivity contribution in [3.05, 3.63) is 94.8 Å². The van der Waals surface area contributed by atoms with Gasteiger partial charge in [-0.05, 0) is 55.7 Å². The van der Waals surface area contributed by atoms with Crippen LogP contribution in [0.1, 0.15) is 47.8 Å². The van der Waals surface area contributed by atoms with Gasteiger partial charge in [-0.3, -0.25) is 14.8 Å². The summed E-state index contributed by atoms with van der Waals surface area (Å²) in [5, 5.41) is 17.6.